The second-order valence-electron chi connectivity index (χ2n) is 5.00. The average molecular weight is 249 g/mol. The normalized spacial score (nSPS) is 22.2. The average Bonchev–Trinajstić information content (AvgIpc) is 2.36. The molecule has 1 aromatic carbocycles. The van der Waals surface area contributed by atoms with Crippen LogP contribution in [0.25, 0.3) is 0 Å². The van der Waals surface area contributed by atoms with E-state index in [1.807, 2.05) is 36.1 Å². The molecule has 0 aliphatic carbocycles. The lowest BCUT2D eigenvalue weighted by Gasteiger charge is -2.39. The molecule has 0 aromatic heterocycles. The molecule has 3 unspecified atom stereocenters. The summed E-state index contributed by atoms with van der Waals surface area (Å²) in [7, 11) is 0. The van der Waals surface area contributed by atoms with Gasteiger partial charge in [0.15, 0.2) is 0 Å². The van der Waals surface area contributed by atoms with Crippen LogP contribution in [0.3, 0.4) is 0 Å². The topological polar surface area (TPSA) is 60.8 Å². The largest absolute Gasteiger partial charge is 0.481 e. The number of para-hydroxylation sites is 1. The van der Waals surface area contributed by atoms with E-state index in [0.29, 0.717) is 13.0 Å². The Kier molecular flexibility index (Phi) is 3.57. The molecule has 0 radical (unpaired) electrons. The van der Waals surface area contributed by atoms with Gasteiger partial charge < -0.3 is 15.1 Å². The van der Waals surface area contributed by atoms with Crippen LogP contribution < -0.4 is 4.90 Å². The van der Waals surface area contributed by atoms with Gasteiger partial charge in [-0.25, -0.2) is 0 Å². The molecule has 0 bridgehead atoms. The first kappa shape index (κ1) is 12.9. The first-order chi connectivity index (χ1) is 8.50. The van der Waals surface area contributed by atoms with Crippen molar-refractivity contribution in [1.29, 1.82) is 0 Å². The van der Waals surface area contributed by atoms with Crippen molar-refractivity contribution in [2.75, 3.05) is 11.4 Å². The number of rotatable bonds is 3. The number of carboxylic acids is 1. The first-order valence-corrected chi connectivity index (χ1v) is 6.26. The molecule has 4 heteroatoms. The van der Waals surface area contributed by atoms with Crippen LogP contribution in [0.2, 0.25) is 0 Å². The Morgan fingerprint density at radius 1 is 1.39 bits per heavy atom. The Hall–Kier alpha value is -1.55. The van der Waals surface area contributed by atoms with Crippen LogP contribution in [0, 0.1) is 5.92 Å². The van der Waals surface area contributed by atoms with Gasteiger partial charge in [-0.05, 0) is 31.9 Å². The molecule has 2 rings (SSSR count). The lowest BCUT2D eigenvalue weighted by molar-refractivity contribution is -0.141. The summed E-state index contributed by atoms with van der Waals surface area (Å²) >= 11 is 0. The summed E-state index contributed by atoms with van der Waals surface area (Å²) in [6.45, 7) is 4.11. The lowest BCUT2D eigenvalue weighted by atomic mass is 9.91. The zero-order valence-electron chi connectivity index (χ0n) is 10.7. The molecule has 18 heavy (non-hydrogen) atoms. The van der Waals surface area contributed by atoms with Gasteiger partial charge in [-0.15, -0.1) is 0 Å². The fraction of sp³-hybridized carbons (Fsp3) is 0.500. The van der Waals surface area contributed by atoms with Gasteiger partial charge in [0.05, 0.1) is 18.1 Å². The molecular weight excluding hydrogens is 230 g/mol. The van der Waals surface area contributed by atoms with Gasteiger partial charge in [0.2, 0.25) is 0 Å². The van der Waals surface area contributed by atoms with E-state index in [1.54, 1.807) is 6.92 Å². The highest BCUT2D eigenvalue weighted by molar-refractivity contribution is 5.74. The number of anilines is 1. The number of aliphatic hydroxyl groups excluding tert-OH is 1. The van der Waals surface area contributed by atoms with Gasteiger partial charge in [0.1, 0.15) is 0 Å². The predicted molar refractivity (Wildman–Crippen MR) is 69.8 cm³/mol. The van der Waals surface area contributed by atoms with Crippen LogP contribution in [-0.4, -0.2) is 34.9 Å². The summed E-state index contributed by atoms with van der Waals surface area (Å²) in [5.41, 5.74) is 2.09. The van der Waals surface area contributed by atoms with Crippen LogP contribution in [0.15, 0.2) is 24.3 Å². The zero-order chi connectivity index (χ0) is 13.3. The molecule has 1 heterocycles. The smallest absolute Gasteiger partial charge is 0.308 e. The van der Waals surface area contributed by atoms with E-state index >= 15 is 0 Å². The van der Waals surface area contributed by atoms with Crippen LogP contribution in [-0.2, 0) is 11.2 Å². The van der Waals surface area contributed by atoms with Crippen LogP contribution in [0.1, 0.15) is 19.4 Å². The second-order valence-corrected chi connectivity index (χ2v) is 5.00. The van der Waals surface area contributed by atoms with Crippen molar-refractivity contribution in [3.63, 3.8) is 0 Å². The van der Waals surface area contributed by atoms with Crippen molar-refractivity contribution in [2.24, 2.45) is 5.92 Å². The molecule has 3 atom stereocenters. The summed E-state index contributed by atoms with van der Waals surface area (Å²) in [5, 5.41) is 18.9. The minimum absolute atomic E-state index is 0.0895. The van der Waals surface area contributed by atoms with Crippen LogP contribution in [0.4, 0.5) is 5.69 Å². The Labute approximate surface area is 107 Å². The number of nitrogens with zero attached hydrogens (tertiary/aromatic N) is 1. The maximum atomic E-state index is 11.2. The SMILES string of the molecule is CC(O)C(C)N1CC(C(=O)O)Cc2ccccc21. The van der Waals surface area contributed by atoms with Crippen molar-refractivity contribution in [3.05, 3.63) is 29.8 Å². The maximum Gasteiger partial charge on any atom is 0.308 e. The van der Waals surface area contributed by atoms with E-state index < -0.39 is 18.0 Å². The molecule has 2 N–H and O–H groups in total. The second kappa shape index (κ2) is 4.98. The van der Waals surface area contributed by atoms with E-state index in [0.717, 1.165) is 11.3 Å². The molecule has 0 saturated heterocycles. The highest BCUT2D eigenvalue weighted by atomic mass is 16.4. The van der Waals surface area contributed by atoms with Crippen molar-refractivity contribution in [3.8, 4) is 0 Å². The van der Waals surface area contributed by atoms with Gasteiger partial charge in [-0.1, -0.05) is 18.2 Å². The third-order valence-corrected chi connectivity index (χ3v) is 3.72. The highest BCUT2D eigenvalue weighted by Crippen LogP contribution is 2.31. The molecule has 1 aliphatic heterocycles. The van der Waals surface area contributed by atoms with E-state index in [4.69, 9.17) is 0 Å². The number of hydrogen-bond donors (Lipinski definition) is 2. The predicted octanol–water partition coefficient (Wildman–Crippen LogP) is 1.52. The summed E-state index contributed by atoms with van der Waals surface area (Å²) < 4.78 is 0. The molecule has 98 valence electrons. The molecule has 0 amide bonds. The Morgan fingerprint density at radius 2 is 2.06 bits per heavy atom. The Bertz CT molecular complexity index is 444. The fourth-order valence-electron chi connectivity index (χ4n) is 2.44. The lowest BCUT2D eigenvalue weighted by Crippen LogP contribution is -2.47. The molecule has 0 saturated carbocycles. The number of aliphatic hydroxyl groups is 1. The summed E-state index contributed by atoms with van der Waals surface area (Å²) in [5.74, 6) is -1.17. The van der Waals surface area contributed by atoms with Crippen molar-refractivity contribution in [1.82, 2.24) is 0 Å². The number of benzene rings is 1. The van der Waals surface area contributed by atoms with Gasteiger partial charge in [-0.2, -0.15) is 0 Å². The zero-order valence-corrected chi connectivity index (χ0v) is 10.7. The maximum absolute atomic E-state index is 11.2. The molecule has 1 aliphatic rings. The molecule has 0 fully saturated rings. The standard InChI is InChI=1S/C14H19NO3/c1-9(10(2)16)15-8-12(14(17)18)7-11-5-3-4-6-13(11)15/h3-6,9-10,12,16H,7-8H2,1-2H3,(H,17,18). The quantitative estimate of drug-likeness (QED) is 0.852. The molecule has 1 aromatic rings. The van der Waals surface area contributed by atoms with Crippen molar-refractivity contribution in [2.45, 2.75) is 32.4 Å². The van der Waals surface area contributed by atoms with Crippen LogP contribution in [0.5, 0.6) is 0 Å². The molecule has 0 spiro atoms. The Balaban J connectivity index is 2.36. The minimum atomic E-state index is -0.771. The summed E-state index contributed by atoms with van der Waals surface area (Å²) in [6.07, 6.45) is 0.0692. The Morgan fingerprint density at radius 3 is 2.67 bits per heavy atom. The number of hydrogen-bond acceptors (Lipinski definition) is 3. The summed E-state index contributed by atoms with van der Waals surface area (Å²) in [6, 6.07) is 7.74. The minimum Gasteiger partial charge on any atom is -0.481 e. The van der Waals surface area contributed by atoms with Gasteiger partial charge >= 0.3 is 5.97 Å². The molecular formula is C14H19NO3. The number of carbonyl (C=O) groups is 1. The van der Waals surface area contributed by atoms with E-state index in [2.05, 4.69) is 0 Å². The monoisotopic (exact) mass is 249 g/mol. The number of aliphatic carboxylic acids is 1. The highest BCUT2D eigenvalue weighted by Gasteiger charge is 2.32. The van der Waals surface area contributed by atoms with Gasteiger partial charge in [0, 0.05) is 12.2 Å². The fourth-order valence-corrected chi connectivity index (χ4v) is 2.44. The van der Waals surface area contributed by atoms with Gasteiger partial charge in [-0.3, -0.25) is 4.79 Å². The first-order valence-electron chi connectivity index (χ1n) is 6.26. The van der Waals surface area contributed by atoms with Crippen molar-refractivity contribution >= 4 is 11.7 Å². The van der Waals surface area contributed by atoms with Gasteiger partial charge in [0.25, 0.3) is 0 Å². The van der Waals surface area contributed by atoms with Crippen molar-refractivity contribution < 1.29 is 15.0 Å². The van der Waals surface area contributed by atoms with E-state index in [9.17, 15) is 15.0 Å². The number of fused-ring (bicyclic) bond motifs is 1. The van der Waals surface area contributed by atoms with E-state index in [1.165, 1.54) is 0 Å². The van der Waals surface area contributed by atoms with E-state index in [-0.39, 0.29) is 6.04 Å². The van der Waals surface area contributed by atoms with Crippen LogP contribution >= 0.6 is 0 Å². The third kappa shape index (κ3) is 2.34. The number of carboxylic acid groups (broad SMARTS) is 1. The summed E-state index contributed by atoms with van der Waals surface area (Å²) in [4.78, 5) is 13.2. The third-order valence-electron chi connectivity index (χ3n) is 3.72. The molecule has 4 nitrogen and oxygen atoms in total.